The first-order valence-electron chi connectivity index (χ1n) is 18.9. The van der Waals surface area contributed by atoms with E-state index in [1.165, 1.54) is 36.4 Å². The van der Waals surface area contributed by atoms with Gasteiger partial charge in [-0.15, -0.1) is 0 Å². The first kappa shape index (κ1) is 51.7. The number of carbonyl (C=O) groups excluding carboxylic acids is 3. The van der Waals surface area contributed by atoms with Crippen LogP contribution in [0.4, 0.5) is 0 Å². The Hall–Kier alpha value is -4.62. The van der Waals surface area contributed by atoms with Gasteiger partial charge < -0.3 is 33.2 Å². The van der Waals surface area contributed by atoms with Crippen molar-refractivity contribution in [1.82, 2.24) is 0 Å². The number of rotatable bonds is 30. The Kier molecular flexibility index (Phi) is 22.3. The molecule has 22 heteroatoms. The van der Waals surface area contributed by atoms with Crippen LogP contribution < -0.4 is 0 Å². The highest BCUT2D eigenvalue weighted by atomic mass is 32.2. The highest BCUT2D eigenvalue weighted by molar-refractivity contribution is 7.87. The molecular formula is C40H50O19S3. The van der Waals surface area contributed by atoms with Crippen LogP contribution in [0.15, 0.2) is 99.1 Å². The lowest BCUT2D eigenvalue weighted by Gasteiger charge is -2.11. The van der Waals surface area contributed by atoms with Crippen LogP contribution in [0.25, 0.3) is 0 Å². The standard InChI is InChI=1S/C40H50O19S3/c1-31-4-10-35(11-5-31)60(44,45)57-25-20-50-16-17-53-30-56-40(43)34(28-38(41)54-23-18-51-21-26-58-61(46,47)36-12-6-32(2)7-13-36)29-39(42)55-24-19-52-22-27-59-62(48,49)37-14-8-33(3)9-15-37/h4-15,28H,16-27,29-30H2,1-3H3/b34-28-. The summed E-state index contributed by atoms with van der Waals surface area (Å²) in [5, 5.41) is 0. The summed E-state index contributed by atoms with van der Waals surface area (Å²) in [6.45, 7) is 2.51. The molecule has 0 saturated heterocycles. The Balaban J connectivity index is 1.40. The zero-order valence-corrected chi connectivity index (χ0v) is 36.8. The average molecular weight is 931 g/mol. The number of carbonyl (C=O) groups is 3. The number of hydrogen-bond donors (Lipinski definition) is 0. The van der Waals surface area contributed by atoms with E-state index in [1.54, 1.807) is 36.4 Å². The van der Waals surface area contributed by atoms with Crippen molar-refractivity contribution >= 4 is 48.3 Å². The molecule has 62 heavy (non-hydrogen) atoms. The van der Waals surface area contributed by atoms with Crippen molar-refractivity contribution in [1.29, 1.82) is 0 Å². The fraction of sp³-hybridized carbons (Fsp3) is 0.425. The van der Waals surface area contributed by atoms with Crippen LogP contribution in [0, 0.1) is 20.8 Å². The second-order valence-corrected chi connectivity index (χ2v) is 17.6. The third-order valence-electron chi connectivity index (χ3n) is 7.82. The molecule has 0 heterocycles. The van der Waals surface area contributed by atoms with Crippen molar-refractivity contribution in [2.75, 3.05) is 86.1 Å². The SMILES string of the molecule is Cc1ccc(S(=O)(=O)OCCOCCOCOC(=O)/C(=C\C(=O)OCCOCCOS(=O)(=O)c2ccc(C)cc2)CC(=O)OCCOCCOS(=O)(=O)c2ccc(C)cc2)cc1. The van der Waals surface area contributed by atoms with E-state index >= 15 is 0 Å². The molecule has 0 saturated carbocycles. The number of aryl methyl sites for hydroxylation is 3. The van der Waals surface area contributed by atoms with Crippen molar-refractivity contribution in [2.45, 2.75) is 41.9 Å². The van der Waals surface area contributed by atoms with E-state index in [-0.39, 0.29) is 94.0 Å². The van der Waals surface area contributed by atoms with Crippen LogP contribution in [-0.4, -0.2) is 129 Å². The van der Waals surface area contributed by atoms with Gasteiger partial charge in [0.05, 0.1) is 92.7 Å². The van der Waals surface area contributed by atoms with Gasteiger partial charge in [-0.3, -0.25) is 17.3 Å². The third kappa shape index (κ3) is 20.0. The predicted octanol–water partition coefficient (Wildman–Crippen LogP) is 3.10. The monoisotopic (exact) mass is 930 g/mol. The van der Waals surface area contributed by atoms with Gasteiger partial charge in [-0.2, -0.15) is 25.3 Å². The Morgan fingerprint density at radius 2 is 0.774 bits per heavy atom. The lowest BCUT2D eigenvalue weighted by Crippen LogP contribution is -2.20. The molecule has 0 unspecified atom stereocenters. The van der Waals surface area contributed by atoms with Crippen LogP contribution in [0.1, 0.15) is 23.1 Å². The summed E-state index contributed by atoms with van der Waals surface area (Å²) in [6.07, 6.45) is -0.0132. The molecular weight excluding hydrogens is 881 g/mol. The van der Waals surface area contributed by atoms with Gasteiger partial charge in [0.1, 0.15) is 13.2 Å². The second-order valence-electron chi connectivity index (χ2n) is 12.8. The van der Waals surface area contributed by atoms with Gasteiger partial charge in [-0.1, -0.05) is 53.1 Å². The highest BCUT2D eigenvalue weighted by Crippen LogP contribution is 2.15. The minimum atomic E-state index is -3.99. The fourth-order valence-electron chi connectivity index (χ4n) is 4.59. The Morgan fingerprint density at radius 1 is 0.435 bits per heavy atom. The maximum Gasteiger partial charge on any atom is 0.336 e. The largest absolute Gasteiger partial charge is 0.463 e. The summed E-state index contributed by atoms with van der Waals surface area (Å²) in [4.78, 5) is 38.0. The van der Waals surface area contributed by atoms with Crippen molar-refractivity contribution in [3.05, 3.63) is 101 Å². The molecule has 3 aromatic rings. The van der Waals surface area contributed by atoms with Crippen molar-refractivity contribution in [2.24, 2.45) is 0 Å². The van der Waals surface area contributed by atoms with E-state index in [9.17, 15) is 39.6 Å². The van der Waals surface area contributed by atoms with E-state index in [1.807, 2.05) is 20.8 Å². The van der Waals surface area contributed by atoms with Crippen LogP contribution in [0.3, 0.4) is 0 Å². The Labute approximate surface area is 361 Å². The van der Waals surface area contributed by atoms with Gasteiger partial charge in [0.2, 0.25) is 0 Å². The molecule has 0 spiro atoms. The zero-order chi connectivity index (χ0) is 45.4. The number of hydrogen-bond acceptors (Lipinski definition) is 19. The lowest BCUT2D eigenvalue weighted by atomic mass is 10.2. The first-order chi connectivity index (χ1) is 29.5. The minimum absolute atomic E-state index is 0.00573. The van der Waals surface area contributed by atoms with Gasteiger partial charge >= 0.3 is 17.9 Å². The predicted molar refractivity (Wildman–Crippen MR) is 217 cm³/mol. The molecule has 0 aromatic heterocycles. The van der Waals surface area contributed by atoms with E-state index in [4.69, 9.17) is 45.7 Å². The summed E-state index contributed by atoms with van der Waals surface area (Å²) < 4.78 is 125. The van der Waals surface area contributed by atoms with Gasteiger partial charge in [0, 0.05) is 6.08 Å². The normalized spacial score (nSPS) is 12.2. The molecule has 0 aliphatic heterocycles. The lowest BCUT2D eigenvalue weighted by molar-refractivity contribution is -0.155. The Bertz CT molecular complexity index is 2220. The van der Waals surface area contributed by atoms with Crippen molar-refractivity contribution in [3.8, 4) is 0 Å². The van der Waals surface area contributed by atoms with E-state index < -0.39 is 67.0 Å². The molecule has 0 N–H and O–H groups in total. The molecule has 0 radical (unpaired) electrons. The Morgan fingerprint density at radius 3 is 1.18 bits per heavy atom. The van der Waals surface area contributed by atoms with Gasteiger partial charge in [-0.05, 0) is 57.2 Å². The second kappa shape index (κ2) is 26.8. The molecule has 0 aliphatic carbocycles. The van der Waals surface area contributed by atoms with Crippen molar-refractivity contribution in [3.63, 3.8) is 0 Å². The van der Waals surface area contributed by atoms with Crippen LogP contribution in [0.5, 0.6) is 0 Å². The van der Waals surface area contributed by atoms with Crippen LogP contribution >= 0.6 is 0 Å². The highest BCUT2D eigenvalue weighted by Gasteiger charge is 2.20. The smallest absolute Gasteiger partial charge is 0.336 e. The van der Waals surface area contributed by atoms with Gasteiger partial charge in [-0.25, -0.2) is 9.59 Å². The van der Waals surface area contributed by atoms with E-state index in [2.05, 4.69) is 0 Å². The summed E-state index contributed by atoms with van der Waals surface area (Å²) in [7, 11) is -11.9. The molecule has 0 aliphatic rings. The maximum atomic E-state index is 12.8. The molecule has 3 aromatic carbocycles. The number of benzene rings is 3. The third-order valence-corrected chi connectivity index (χ3v) is 11.8. The van der Waals surface area contributed by atoms with E-state index in [0.717, 1.165) is 22.8 Å². The first-order valence-corrected chi connectivity index (χ1v) is 23.1. The number of esters is 3. The summed E-state index contributed by atoms with van der Waals surface area (Å²) >= 11 is 0. The quantitative estimate of drug-likeness (QED) is 0.0233. The molecule has 0 amide bonds. The molecule has 0 bridgehead atoms. The fourth-order valence-corrected chi connectivity index (χ4v) is 7.26. The van der Waals surface area contributed by atoms with E-state index in [0.29, 0.717) is 0 Å². The topological polar surface area (TPSA) is 246 Å². The van der Waals surface area contributed by atoms with Crippen LogP contribution in [-0.2, 0) is 90.4 Å². The van der Waals surface area contributed by atoms with Crippen LogP contribution in [0.2, 0.25) is 0 Å². The molecule has 342 valence electrons. The van der Waals surface area contributed by atoms with Gasteiger partial charge in [0.25, 0.3) is 30.4 Å². The summed E-state index contributed by atoms with van der Waals surface area (Å²) in [5.74, 6) is -3.12. The van der Waals surface area contributed by atoms with Gasteiger partial charge in [0.15, 0.2) is 6.79 Å². The minimum Gasteiger partial charge on any atom is -0.463 e. The zero-order valence-electron chi connectivity index (χ0n) is 34.4. The molecule has 19 nitrogen and oxygen atoms in total. The summed E-state index contributed by atoms with van der Waals surface area (Å²) in [6, 6.07) is 18.3. The molecule has 0 atom stereocenters. The maximum absolute atomic E-state index is 12.8. The molecule has 0 fully saturated rings. The molecule has 3 rings (SSSR count). The number of ether oxygens (including phenoxy) is 7. The summed E-state index contributed by atoms with van der Waals surface area (Å²) in [5.41, 5.74) is 2.18. The average Bonchev–Trinajstić information content (AvgIpc) is 3.22. The van der Waals surface area contributed by atoms with Crippen molar-refractivity contribution < 1.29 is 85.3 Å².